The molecule has 0 aromatic heterocycles. The monoisotopic (exact) mass is 279 g/mol. The zero-order valence-electron chi connectivity index (χ0n) is 11.5. The first kappa shape index (κ1) is 14.2. The molecule has 0 radical (unpaired) electrons. The molecule has 108 valence electrons. The molecule has 6 nitrogen and oxygen atoms in total. The summed E-state index contributed by atoms with van der Waals surface area (Å²) in [7, 11) is 3.02. The van der Waals surface area contributed by atoms with Gasteiger partial charge < -0.3 is 19.5 Å². The zero-order valence-corrected chi connectivity index (χ0v) is 11.5. The fourth-order valence-corrected chi connectivity index (χ4v) is 2.29. The van der Waals surface area contributed by atoms with Gasteiger partial charge in [-0.15, -0.1) is 0 Å². The molecule has 1 amide bonds. The van der Waals surface area contributed by atoms with E-state index in [1.807, 2.05) is 0 Å². The number of carbonyl (C=O) groups is 2. The van der Waals surface area contributed by atoms with Crippen molar-refractivity contribution in [3.8, 4) is 11.5 Å². The Hall–Kier alpha value is -2.24. The van der Waals surface area contributed by atoms with Crippen molar-refractivity contribution in [2.24, 2.45) is 5.92 Å². The van der Waals surface area contributed by atoms with E-state index in [1.54, 1.807) is 23.1 Å². The SMILES string of the molecule is COc1ccc(C(=O)N2CC[C@H](C(=O)O)C2)c(OC)c1. The van der Waals surface area contributed by atoms with Crippen LogP contribution < -0.4 is 9.47 Å². The lowest BCUT2D eigenvalue weighted by Gasteiger charge is -2.18. The average Bonchev–Trinajstić information content (AvgIpc) is 2.95. The fraction of sp³-hybridized carbons (Fsp3) is 0.429. The molecule has 0 spiro atoms. The van der Waals surface area contributed by atoms with Crippen molar-refractivity contribution in [1.29, 1.82) is 0 Å². The van der Waals surface area contributed by atoms with E-state index >= 15 is 0 Å². The minimum atomic E-state index is -0.859. The molecule has 20 heavy (non-hydrogen) atoms. The number of carbonyl (C=O) groups excluding carboxylic acids is 1. The van der Waals surface area contributed by atoms with E-state index in [-0.39, 0.29) is 12.5 Å². The lowest BCUT2D eigenvalue weighted by Crippen LogP contribution is -2.30. The number of carboxylic acids is 1. The van der Waals surface area contributed by atoms with Crippen LogP contribution in [0.2, 0.25) is 0 Å². The Morgan fingerprint density at radius 1 is 1.30 bits per heavy atom. The first-order chi connectivity index (χ1) is 9.56. The van der Waals surface area contributed by atoms with Gasteiger partial charge in [-0.25, -0.2) is 0 Å². The molecular formula is C14H17NO5. The molecule has 0 saturated carbocycles. The molecular weight excluding hydrogens is 262 g/mol. The number of benzene rings is 1. The molecule has 1 aliphatic rings. The van der Waals surface area contributed by atoms with Crippen LogP contribution in [0.3, 0.4) is 0 Å². The van der Waals surface area contributed by atoms with Gasteiger partial charge in [-0.1, -0.05) is 0 Å². The van der Waals surface area contributed by atoms with Gasteiger partial charge in [0.1, 0.15) is 11.5 Å². The first-order valence-electron chi connectivity index (χ1n) is 6.31. The van der Waals surface area contributed by atoms with Gasteiger partial charge in [0.2, 0.25) is 0 Å². The second-order valence-corrected chi connectivity index (χ2v) is 4.64. The Morgan fingerprint density at radius 3 is 2.60 bits per heavy atom. The van der Waals surface area contributed by atoms with Gasteiger partial charge >= 0.3 is 5.97 Å². The second-order valence-electron chi connectivity index (χ2n) is 4.64. The maximum Gasteiger partial charge on any atom is 0.308 e. The highest BCUT2D eigenvalue weighted by Crippen LogP contribution is 2.27. The highest BCUT2D eigenvalue weighted by Gasteiger charge is 2.32. The highest BCUT2D eigenvalue weighted by molar-refractivity contribution is 5.97. The summed E-state index contributed by atoms with van der Waals surface area (Å²) in [6.07, 6.45) is 0.486. The molecule has 1 saturated heterocycles. The maximum absolute atomic E-state index is 12.4. The van der Waals surface area contributed by atoms with Gasteiger partial charge in [0.05, 0.1) is 25.7 Å². The van der Waals surface area contributed by atoms with Crippen molar-refractivity contribution in [1.82, 2.24) is 4.90 Å². The Balaban J connectivity index is 2.19. The number of ether oxygens (including phenoxy) is 2. The largest absolute Gasteiger partial charge is 0.497 e. The molecule has 1 aliphatic heterocycles. The Bertz CT molecular complexity index is 528. The molecule has 2 rings (SSSR count). The number of amides is 1. The minimum Gasteiger partial charge on any atom is -0.497 e. The van der Waals surface area contributed by atoms with Gasteiger partial charge in [-0.3, -0.25) is 9.59 Å². The number of methoxy groups -OCH3 is 2. The van der Waals surface area contributed by atoms with Crippen LogP contribution in [0.4, 0.5) is 0 Å². The van der Waals surface area contributed by atoms with E-state index in [2.05, 4.69) is 0 Å². The number of hydrogen-bond donors (Lipinski definition) is 1. The first-order valence-corrected chi connectivity index (χ1v) is 6.31. The molecule has 0 unspecified atom stereocenters. The van der Waals surface area contributed by atoms with E-state index < -0.39 is 11.9 Å². The molecule has 1 N–H and O–H groups in total. The van der Waals surface area contributed by atoms with Gasteiger partial charge in [-0.05, 0) is 18.6 Å². The Kier molecular flexibility index (Phi) is 4.12. The van der Waals surface area contributed by atoms with Gasteiger partial charge in [0.15, 0.2) is 0 Å². The summed E-state index contributed by atoms with van der Waals surface area (Å²) in [4.78, 5) is 24.9. The van der Waals surface area contributed by atoms with Crippen LogP contribution in [0, 0.1) is 5.92 Å². The van der Waals surface area contributed by atoms with Crippen LogP contribution in [0.1, 0.15) is 16.8 Å². The third kappa shape index (κ3) is 2.68. The third-order valence-electron chi connectivity index (χ3n) is 3.46. The number of likely N-dealkylation sites (tertiary alicyclic amines) is 1. The molecule has 1 aromatic carbocycles. The van der Waals surface area contributed by atoms with E-state index in [0.717, 1.165) is 0 Å². The molecule has 1 aromatic rings. The van der Waals surface area contributed by atoms with Crippen LogP contribution >= 0.6 is 0 Å². The quantitative estimate of drug-likeness (QED) is 0.897. The summed E-state index contributed by atoms with van der Waals surface area (Å²) in [6, 6.07) is 4.95. The number of rotatable bonds is 4. The summed E-state index contributed by atoms with van der Waals surface area (Å²) in [5, 5.41) is 8.97. The molecule has 1 fully saturated rings. The van der Waals surface area contributed by atoms with Crippen LogP contribution in [-0.2, 0) is 4.79 Å². The standard InChI is InChI=1S/C14H17NO5/c1-19-10-3-4-11(12(7-10)20-2)13(16)15-6-5-9(8-15)14(17)18/h3-4,7,9H,5-6,8H2,1-2H3,(H,17,18)/t9-/m0/s1. The van der Waals surface area contributed by atoms with E-state index in [9.17, 15) is 9.59 Å². The van der Waals surface area contributed by atoms with E-state index in [4.69, 9.17) is 14.6 Å². The zero-order chi connectivity index (χ0) is 14.7. The molecule has 0 bridgehead atoms. The van der Waals surface area contributed by atoms with Crippen molar-refractivity contribution in [3.05, 3.63) is 23.8 Å². The van der Waals surface area contributed by atoms with Gasteiger partial charge in [0, 0.05) is 19.2 Å². The molecule has 1 atom stereocenters. The lowest BCUT2D eigenvalue weighted by atomic mass is 10.1. The Labute approximate surface area is 116 Å². The molecule has 0 aliphatic carbocycles. The summed E-state index contributed by atoms with van der Waals surface area (Å²) >= 11 is 0. The predicted molar refractivity (Wildman–Crippen MR) is 71.2 cm³/mol. The number of nitrogens with zero attached hydrogens (tertiary/aromatic N) is 1. The van der Waals surface area contributed by atoms with Crippen molar-refractivity contribution in [2.45, 2.75) is 6.42 Å². The summed E-state index contributed by atoms with van der Waals surface area (Å²) < 4.78 is 10.3. The average molecular weight is 279 g/mol. The van der Waals surface area contributed by atoms with Crippen LogP contribution in [0.15, 0.2) is 18.2 Å². The predicted octanol–water partition coefficient (Wildman–Crippen LogP) is 1.25. The third-order valence-corrected chi connectivity index (χ3v) is 3.46. The van der Waals surface area contributed by atoms with E-state index in [1.165, 1.54) is 14.2 Å². The van der Waals surface area contributed by atoms with Crippen LogP contribution in [-0.4, -0.2) is 49.2 Å². The van der Waals surface area contributed by atoms with Gasteiger partial charge in [0.25, 0.3) is 5.91 Å². The van der Waals surface area contributed by atoms with Crippen molar-refractivity contribution >= 4 is 11.9 Å². The molecule has 1 heterocycles. The normalized spacial score (nSPS) is 17.9. The smallest absolute Gasteiger partial charge is 0.308 e. The van der Waals surface area contributed by atoms with Gasteiger partial charge in [-0.2, -0.15) is 0 Å². The summed E-state index contributed by atoms with van der Waals surface area (Å²) in [5.41, 5.74) is 0.416. The number of aliphatic carboxylic acids is 1. The van der Waals surface area contributed by atoms with Crippen molar-refractivity contribution in [2.75, 3.05) is 27.3 Å². The highest BCUT2D eigenvalue weighted by atomic mass is 16.5. The second kappa shape index (κ2) is 5.81. The topological polar surface area (TPSA) is 76.1 Å². The summed E-state index contributed by atoms with van der Waals surface area (Å²) in [6.45, 7) is 0.689. The maximum atomic E-state index is 12.4. The van der Waals surface area contributed by atoms with E-state index in [0.29, 0.717) is 30.0 Å². The minimum absolute atomic E-state index is 0.215. The van der Waals surface area contributed by atoms with Crippen LogP contribution in [0.5, 0.6) is 11.5 Å². The Morgan fingerprint density at radius 2 is 2.05 bits per heavy atom. The number of hydrogen-bond acceptors (Lipinski definition) is 4. The number of carboxylic acid groups (broad SMARTS) is 1. The molecule has 6 heteroatoms. The lowest BCUT2D eigenvalue weighted by molar-refractivity contribution is -0.141. The summed E-state index contributed by atoms with van der Waals surface area (Å²) in [5.74, 6) is -0.533. The van der Waals surface area contributed by atoms with Crippen molar-refractivity contribution in [3.63, 3.8) is 0 Å². The fourth-order valence-electron chi connectivity index (χ4n) is 2.29. The van der Waals surface area contributed by atoms with Crippen LogP contribution in [0.25, 0.3) is 0 Å². The van der Waals surface area contributed by atoms with Crippen molar-refractivity contribution < 1.29 is 24.2 Å².